The van der Waals surface area contributed by atoms with E-state index >= 15 is 0 Å². The van der Waals surface area contributed by atoms with Gasteiger partial charge in [0, 0.05) is 22.1 Å². The van der Waals surface area contributed by atoms with E-state index in [0.29, 0.717) is 39.3 Å². The molecule has 1 atom stereocenters. The molecule has 3 nitrogen and oxygen atoms in total. The molecule has 0 N–H and O–H groups in total. The molecule has 0 spiro atoms. The van der Waals surface area contributed by atoms with Crippen molar-refractivity contribution in [2.75, 3.05) is 13.2 Å². The third-order valence-corrected chi connectivity index (χ3v) is 6.88. The van der Waals surface area contributed by atoms with Gasteiger partial charge in [0.25, 0.3) is 0 Å². The van der Waals surface area contributed by atoms with Gasteiger partial charge in [-0.15, -0.1) is 11.8 Å². The number of ether oxygens (including phenoxy) is 2. The first kappa shape index (κ1) is 26.6. The minimum atomic E-state index is -1.20. The normalized spacial score (nSPS) is 12.3. The standard InChI is InChI=1S/C31H34O3S/c1-3-4-20-31(25-33-23-28-12-7-5-8-13-28,26-34-24-29-14-9-6-10-15-29)21-11-22-35(32)30-18-16-27(2)17-19-30/h5-19,22H,20-21,23-26H2,1-2H3/b22-11+. The number of benzene rings is 3. The van der Waals surface area contributed by atoms with Crippen molar-refractivity contribution in [1.29, 1.82) is 0 Å². The second-order valence-corrected chi connectivity index (χ2v) is 10.1. The maximum Gasteiger partial charge on any atom is 0.0772 e. The Labute approximate surface area is 212 Å². The zero-order valence-electron chi connectivity index (χ0n) is 20.6. The van der Waals surface area contributed by atoms with Crippen molar-refractivity contribution in [1.82, 2.24) is 0 Å². The van der Waals surface area contributed by atoms with Crippen LogP contribution >= 0.6 is 0 Å². The van der Waals surface area contributed by atoms with Crippen LogP contribution < -0.4 is 0 Å². The summed E-state index contributed by atoms with van der Waals surface area (Å²) in [6, 6.07) is 28.1. The molecule has 0 fully saturated rings. The van der Waals surface area contributed by atoms with Crippen molar-refractivity contribution in [3.05, 3.63) is 113 Å². The third-order valence-electron chi connectivity index (χ3n) is 5.70. The molecular formula is C31H34O3S. The van der Waals surface area contributed by atoms with Crippen molar-refractivity contribution >= 4 is 10.8 Å². The number of rotatable bonds is 13. The first-order chi connectivity index (χ1) is 17.1. The highest BCUT2D eigenvalue weighted by molar-refractivity contribution is 7.88. The van der Waals surface area contributed by atoms with Crippen LogP contribution in [0.15, 0.2) is 101 Å². The summed E-state index contributed by atoms with van der Waals surface area (Å²) in [5.41, 5.74) is 3.06. The van der Waals surface area contributed by atoms with Crippen LogP contribution in [0.25, 0.3) is 0 Å². The van der Waals surface area contributed by atoms with Gasteiger partial charge in [-0.1, -0.05) is 84.4 Å². The van der Waals surface area contributed by atoms with Gasteiger partial charge in [-0.05, 0) is 43.5 Å². The van der Waals surface area contributed by atoms with Crippen molar-refractivity contribution in [3.8, 4) is 11.8 Å². The largest absolute Gasteiger partial charge is 0.376 e. The lowest BCUT2D eigenvalue weighted by molar-refractivity contribution is -0.0294. The number of hydrogen-bond donors (Lipinski definition) is 0. The molecule has 0 amide bonds. The van der Waals surface area contributed by atoms with Gasteiger partial charge in [-0.3, -0.25) is 0 Å². The van der Waals surface area contributed by atoms with E-state index in [1.165, 1.54) is 0 Å². The molecule has 0 aliphatic carbocycles. The molecule has 0 bridgehead atoms. The summed E-state index contributed by atoms with van der Waals surface area (Å²) >= 11 is 0. The summed E-state index contributed by atoms with van der Waals surface area (Å²) in [7, 11) is -1.20. The van der Waals surface area contributed by atoms with Crippen LogP contribution in [0.3, 0.4) is 0 Å². The molecule has 0 aliphatic rings. The molecule has 0 saturated heterocycles. The van der Waals surface area contributed by atoms with Gasteiger partial charge in [-0.2, -0.15) is 0 Å². The summed E-state index contributed by atoms with van der Waals surface area (Å²) < 4.78 is 25.2. The monoisotopic (exact) mass is 486 g/mol. The summed E-state index contributed by atoms with van der Waals surface area (Å²) in [4.78, 5) is 0.798. The van der Waals surface area contributed by atoms with E-state index in [1.54, 1.807) is 5.41 Å². The Hall–Kier alpha value is -2.97. The molecule has 0 radical (unpaired) electrons. The SMILES string of the molecule is CC#CCC(C/C=C/S(=O)c1ccc(C)cc1)(COCc1ccccc1)COCc1ccccc1. The Bertz CT molecular complexity index is 1080. The molecule has 35 heavy (non-hydrogen) atoms. The fraction of sp³-hybridized carbons (Fsp3) is 0.290. The highest BCUT2D eigenvalue weighted by Crippen LogP contribution is 2.30. The van der Waals surface area contributed by atoms with E-state index in [4.69, 9.17) is 9.47 Å². The Kier molecular flexibility index (Phi) is 11.0. The smallest absolute Gasteiger partial charge is 0.0772 e. The Balaban J connectivity index is 1.71. The minimum Gasteiger partial charge on any atom is -0.376 e. The summed E-state index contributed by atoms with van der Waals surface area (Å²) in [6.45, 7) is 5.92. The van der Waals surface area contributed by atoms with Crippen LogP contribution in [0.4, 0.5) is 0 Å². The highest BCUT2D eigenvalue weighted by Gasteiger charge is 2.29. The van der Waals surface area contributed by atoms with Crippen molar-refractivity contribution < 1.29 is 13.7 Å². The molecule has 0 heterocycles. The molecule has 3 aromatic carbocycles. The fourth-order valence-corrected chi connectivity index (χ4v) is 4.50. The summed E-state index contributed by atoms with van der Waals surface area (Å²) in [5.74, 6) is 6.27. The first-order valence-electron chi connectivity index (χ1n) is 11.9. The first-order valence-corrected chi connectivity index (χ1v) is 13.1. The van der Waals surface area contributed by atoms with Gasteiger partial charge in [0.05, 0.1) is 37.2 Å². The molecular weight excluding hydrogens is 452 g/mol. The minimum absolute atomic E-state index is 0.347. The zero-order chi connectivity index (χ0) is 24.8. The average Bonchev–Trinajstić information content (AvgIpc) is 2.89. The Morgan fingerprint density at radius 3 is 1.89 bits per heavy atom. The van der Waals surface area contributed by atoms with E-state index in [2.05, 4.69) is 36.1 Å². The van der Waals surface area contributed by atoms with Crippen molar-refractivity contribution in [2.24, 2.45) is 5.41 Å². The number of allylic oxidation sites excluding steroid dienone is 1. The second-order valence-electron chi connectivity index (χ2n) is 8.75. The van der Waals surface area contributed by atoms with Crippen LogP contribution in [0.5, 0.6) is 0 Å². The second kappa shape index (κ2) is 14.4. The van der Waals surface area contributed by atoms with Crippen LogP contribution in [0.1, 0.15) is 36.5 Å². The van der Waals surface area contributed by atoms with Gasteiger partial charge in [0.1, 0.15) is 0 Å². The Morgan fingerprint density at radius 1 is 0.829 bits per heavy atom. The van der Waals surface area contributed by atoms with Crippen molar-refractivity contribution in [3.63, 3.8) is 0 Å². The molecule has 4 heteroatoms. The molecule has 3 aromatic rings. The zero-order valence-corrected chi connectivity index (χ0v) is 21.4. The summed E-state index contributed by atoms with van der Waals surface area (Å²) in [6.07, 6.45) is 3.28. The fourth-order valence-electron chi connectivity index (χ4n) is 3.67. The van der Waals surface area contributed by atoms with E-state index in [1.807, 2.05) is 80.6 Å². The van der Waals surface area contributed by atoms with E-state index in [0.717, 1.165) is 21.6 Å². The predicted molar refractivity (Wildman–Crippen MR) is 144 cm³/mol. The quantitative estimate of drug-likeness (QED) is 0.248. The molecule has 3 rings (SSSR count). The van der Waals surface area contributed by atoms with Crippen LogP contribution in [0, 0.1) is 24.2 Å². The van der Waals surface area contributed by atoms with Crippen LogP contribution in [-0.4, -0.2) is 17.4 Å². The lowest BCUT2D eigenvalue weighted by atomic mass is 9.83. The van der Waals surface area contributed by atoms with Crippen molar-refractivity contribution in [2.45, 2.75) is 44.8 Å². The van der Waals surface area contributed by atoms with Gasteiger partial charge in [0.15, 0.2) is 0 Å². The van der Waals surface area contributed by atoms with Gasteiger partial charge in [0.2, 0.25) is 0 Å². The number of hydrogen-bond acceptors (Lipinski definition) is 3. The molecule has 1 unspecified atom stereocenters. The molecule has 0 aliphatic heterocycles. The molecule has 182 valence electrons. The van der Waals surface area contributed by atoms with Crippen LogP contribution in [0.2, 0.25) is 0 Å². The maximum atomic E-state index is 12.8. The van der Waals surface area contributed by atoms with Gasteiger partial charge < -0.3 is 9.47 Å². The van der Waals surface area contributed by atoms with E-state index in [-0.39, 0.29) is 5.41 Å². The van der Waals surface area contributed by atoms with E-state index < -0.39 is 10.8 Å². The molecule has 0 aromatic heterocycles. The number of aryl methyl sites for hydroxylation is 1. The third kappa shape index (κ3) is 9.30. The lowest BCUT2D eigenvalue weighted by Crippen LogP contribution is -2.32. The van der Waals surface area contributed by atoms with Crippen LogP contribution in [-0.2, 0) is 33.5 Å². The van der Waals surface area contributed by atoms with E-state index in [9.17, 15) is 4.21 Å². The lowest BCUT2D eigenvalue weighted by Gasteiger charge is -2.31. The maximum absolute atomic E-state index is 12.8. The topological polar surface area (TPSA) is 35.5 Å². The molecule has 0 saturated carbocycles. The Morgan fingerprint density at radius 2 is 1.37 bits per heavy atom. The average molecular weight is 487 g/mol. The predicted octanol–water partition coefficient (Wildman–Crippen LogP) is 6.84. The highest BCUT2D eigenvalue weighted by atomic mass is 32.2. The van der Waals surface area contributed by atoms with Gasteiger partial charge in [-0.25, -0.2) is 4.21 Å². The summed E-state index contributed by atoms with van der Waals surface area (Å²) in [5, 5.41) is 1.77. The van der Waals surface area contributed by atoms with Gasteiger partial charge >= 0.3 is 0 Å².